The fourth-order valence-corrected chi connectivity index (χ4v) is 3.53. The normalized spacial score (nSPS) is 11.1. The molecule has 170 valence electrons. The lowest BCUT2D eigenvalue weighted by atomic mass is 10.0. The van der Waals surface area contributed by atoms with Gasteiger partial charge in [-0.1, -0.05) is 31.5 Å². The summed E-state index contributed by atoms with van der Waals surface area (Å²) < 4.78 is 16.9. The van der Waals surface area contributed by atoms with Gasteiger partial charge in [-0.05, 0) is 72.5 Å². The first-order valence-electron chi connectivity index (χ1n) is 10.6. The molecule has 4 aromatic rings. The molecule has 3 aromatic carbocycles. The first-order valence-corrected chi connectivity index (χ1v) is 11.0. The van der Waals surface area contributed by atoms with Gasteiger partial charge in [-0.25, -0.2) is 4.98 Å². The Kier molecular flexibility index (Phi) is 6.56. The van der Waals surface area contributed by atoms with E-state index in [2.05, 4.69) is 24.1 Å². The van der Waals surface area contributed by atoms with Crippen molar-refractivity contribution in [2.24, 2.45) is 0 Å². The van der Waals surface area contributed by atoms with Gasteiger partial charge in [0.2, 0.25) is 5.89 Å². The zero-order chi connectivity index (χ0) is 23.5. The van der Waals surface area contributed by atoms with Crippen LogP contribution in [-0.2, 0) is 4.79 Å². The highest BCUT2D eigenvalue weighted by atomic mass is 35.5. The van der Waals surface area contributed by atoms with Crippen LogP contribution >= 0.6 is 11.6 Å². The number of nitrogens with one attached hydrogen (secondary N) is 1. The number of amides is 1. The van der Waals surface area contributed by atoms with Crippen molar-refractivity contribution in [2.45, 2.75) is 26.7 Å². The van der Waals surface area contributed by atoms with Crippen LogP contribution in [0.3, 0.4) is 0 Å². The van der Waals surface area contributed by atoms with Gasteiger partial charge in [0, 0.05) is 10.6 Å². The molecule has 33 heavy (non-hydrogen) atoms. The minimum absolute atomic E-state index is 0.157. The molecule has 0 saturated heterocycles. The molecular weight excluding hydrogens is 440 g/mol. The van der Waals surface area contributed by atoms with E-state index in [0.717, 1.165) is 16.6 Å². The fourth-order valence-electron chi connectivity index (χ4n) is 3.41. The van der Waals surface area contributed by atoms with Crippen molar-refractivity contribution in [3.63, 3.8) is 0 Å². The lowest BCUT2D eigenvalue weighted by Gasteiger charge is -2.12. The van der Waals surface area contributed by atoms with Crippen LogP contribution in [0.5, 0.6) is 11.5 Å². The van der Waals surface area contributed by atoms with E-state index in [-0.39, 0.29) is 12.5 Å². The Morgan fingerprint density at radius 2 is 1.94 bits per heavy atom. The average Bonchev–Trinajstić information content (AvgIpc) is 3.23. The van der Waals surface area contributed by atoms with Gasteiger partial charge in [0.25, 0.3) is 5.91 Å². The molecule has 0 aliphatic heterocycles. The number of carbonyl (C=O) groups excluding carboxylic acids is 1. The molecule has 0 bridgehead atoms. The van der Waals surface area contributed by atoms with Crippen molar-refractivity contribution in [1.82, 2.24) is 4.98 Å². The van der Waals surface area contributed by atoms with E-state index in [0.29, 0.717) is 39.6 Å². The molecule has 0 atom stereocenters. The van der Waals surface area contributed by atoms with Crippen LogP contribution in [0.2, 0.25) is 5.02 Å². The van der Waals surface area contributed by atoms with Crippen molar-refractivity contribution in [3.8, 4) is 23.0 Å². The maximum Gasteiger partial charge on any atom is 0.262 e. The van der Waals surface area contributed by atoms with Crippen molar-refractivity contribution in [1.29, 1.82) is 0 Å². The zero-order valence-electron chi connectivity index (χ0n) is 18.9. The van der Waals surface area contributed by atoms with Crippen molar-refractivity contribution in [2.75, 3.05) is 19.0 Å². The Hall–Kier alpha value is -3.51. The third-order valence-corrected chi connectivity index (χ3v) is 5.72. The van der Waals surface area contributed by atoms with Crippen LogP contribution < -0.4 is 14.8 Å². The number of benzene rings is 3. The standard InChI is InChI=1S/C26H25ClN2O4/c1-15(2)17-5-10-24-22(12-17)29-26(33-24)18-6-9-23(31-4)21(13-18)28-25(30)14-32-19-7-8-20(27)16(3)11-19/h5-13,15H,14H2,1-4H3,(H,28,30). The van der Waals surface area contributed by atoms with Crippen LogP contribution in [0.4, 0.5) is 5.69 Å². The molecule has 0 spiro atoms. The summed E-state index contributed by atoms with van der Waals surface area (Å²) in [6.45, 7) is 5.99. The van der Waals surface area contributed by atoms with Gasteiger partial charge < -0.3 is 19.2 Å². The van der Waals surface area contributed by atoms with E-state index in [1.54, 1.807) is 37.4 Å². The number of hydrogen-bond acceptors (Lipinski definition) is 5. The molecule has 7 heteroatoms. The molecule has 0 fully saturated rings. The number of fused-ring (bicyclic) bond motifs is 1. The van der Waals surface area contributed by atoms with Gasteiger partial charge in [-0.15, -0.1) is 0 Å². The number of methoxy groups -OCH3 is 1. The Balaban J connectivity index is 1.53. The molecule has 0 aliphatic carbocycles. The summed E-state index contributed by atoms with van der Waals surface area (Å²) in [5, 5.41) is 3.49. The highest BCUT2D eigenvalue weighted by molar-refractivity contribution is 6.31. The number of aryl methyl sites for hydroxylation is 1. The molecule has 1 N–H and O–H groups in total. The Labute approximate surface area is 197 Å². The number of oxazole rings is 1. The molecule has 0 saturated carbocycles. The van der Waals surface area contributed by atoms with Gasteiger partial charge in [0.15, 0.2) is 12.2 Å². The van der Waals surface area contributed by atoms with Crippen LogP contribution in [-0.4, -0.2) is 24.6 Å². The lowest BCUT2D eigenvalue weighted by Crippen LogP contribution is -2.20. The predicted molar refractivity (Wildman–Crippen MR) is 130 cm³/mol. The van der Waals surface area contributed by atoms with Crippen LogP contribution in [0, 0.1) is 6.92 Å². The highest BCUT2D eigenvalue weighted by Crippen LogP contribution is 2.32. The summed E-state index contributed by atoms with van der Waals surface area (Å²) in [5.41, 5.74) is 4.80. The number of ether oxygens (including phenoxy) is 2. The quantitative estimate of drug-likeness (QED) is 0.333. The highest BCUT2D eigenvalue weighted by Gasteiger charge is 2.15. The van der Waals surface area contributed by atoms with Gasteiger partial charge in [-0.3, -0.25) is 4.79 Å². The Morgan fingerprint density at radius 1 is 1.12 bits per heavy atom. The molecule has 1 heterocycles. The summed E-state index contributed by atoms with van der Waals surface area (Å²) >= 11 is 6.04. The summed E-state index contributed by atoms with van der Waals surface area (Å²) in [5.74, 6) is 1.64. The van der Waals surface area contributed by atoms with Gasteiger partial charge in [-0.2, -0.15) is 0 Å². The topological polar surface area (TPSA) is 73.6 Å². The van der Waals surface area contributed by atoms with E-state index in [4.69, 9.17) is 25.5 Å². The maximum atomic E-state index is 12.5. The average molecular weight is 465 g/mol. The smallest absolute Gasteiger partial charge is 0.262 e. The fraction of sp³-hybridized carbons (Fsp3) is 0.231. The number of halogens is 1. The number of rotatable bonds is 7. The summed E-state index contributed by atoms with van der Waals surface area (Å²) in [4.78, 5) is 17.2. The summed E-state index contributed by atoms with van der Waals surface area (Å²) in [7, 11) is 1.55. The number of hydrogen-bond donors (Lipinski definition) is 1. The largest absolute Gasteiger partial charge is 0.495 e. The first-order chi connectivity index (χ1) is 15.8. The van der Waals surface area contributed by atoms with Crippen LogP contribution in [0.1, 0.15) is 30.9 Å². The molecule has 4 rings (SSSR count). The second kappa shape index (κ2) is 9.55. The molecule has 1 aromatic heterocycles. The SMILES string of the molecule is COc1ccc(-c2nc3cc(C(C)C)ccc3o2)cc1NC(=O)COc1ccc(Cl)c(C)c1. The molecule has 6 nitrogen and oxygen atoms in total. The van der Waals surface area contributed by atoms with Crippen molar-refractivity contribution < 1.29 is 18.7 Å². The van der Waals surface area contributed by atoms with Gasteiger partial charge in [0.1, 0.15) is 17.0 Å². The monoisotopic (exact) mass is 464 g/mol. The maximum absolute atomic E-state index is 12.5. The predicted octanol–water partition coefficient (Wildman–Crippen LogP) is 6.61. The molecule has 0 radical (unpaired) electrons. The van der Waals surface area contributed by atoms with Crippen molar-refractivity contribution >= 4 is 34.3 Å². The second-order valence-electron chi connectivity index (χ2n) is 8.06. The minimum Gasteiger partial charge on any atom is -0.495 e. The Morgan fingerprint density at radius 3 is 2.67 bits per heavy atom. The lowest BCUT2D eigenvalue weighted by molar-refractivity contribution is -0.118. The van der Waals surface area contributed by atoms with E-state index >= 15 is 0 Å². The number of anilines is 1. The minimum atomic E-state index is -0.322. The second-order valence-corrected chi connectivity index (χ2v) is 8.47. The zero-order valence-corrected chi connectivity index (χ0v) is 19.7. The Bertz CT molecular complexity index is 1310. The third kappa shape index (κ3) is 5.12. The van der Waals surface area contributed by atoms with E-state index < -0.39 is 0 Å². The third-order valence-electron chi connectivity index (χ3n) is 5.30. The molecule has 0 unspecified atom stereocenters. The van der Waals surface area contributed by atoms with Gasteiger partial charge in [0.05, 0.1) is 12.8 Å². The van der Waals surface area contributed by atoms with Crippen LogP contribution in [0.15, 0.2) is 59.0 Å². The molecule has 1 amide bonds. The van der Waals surface area contributed by atoms with Crippen molar-refractivity contribution in [3.05, 3.63) is 70.7 Å². The van der Waals surface area contributed by atoms with E-state index in [9.17, 15) is 4.79 Å². The number of nitrogens with zero attached hydrogens (tertiary/aromatic N) is 1. The van der Waals surface area contributed by atoms with Gasteiger partial charge >= 0.3 is 0 Å². The first kappa shape index (κ1) is 22.7. The molecule has 0 aliphatic rings. The van der Waals surface area contributed by atoms with E-state index in [1.807, 2.05) is 31.2 Å². The number of aromatic nitrogens is 1. The van der Waals surface area contributed by atoms with E-state index in [1.165, 1.54) is 5.56 Å². The summed E-state index contributed by atoms with van der Waals surface area (Å²) in [6.07, 6.45) is 0. The number of carbonyl (C=O) groups is 1. The summed E-state index contributed by atoms with van der Waals surface area (Å²) in [6, 6.07) is 16.6. The van der Waals surface area contributed by atoms with Crippen LogP contribution in [0.25, 0.3) is 22.6 Å². The molecular formula is C26H25ClN2O4.